The number of aliphatic hydroxyl groups excluding tert-OH is 1. The molecule has 7 heteroatoms. The van der Waals surface area contributed by atoms with Gasteiger partial charge >= 0.3 is 17.9 Å². The van der Waals surface area contributed by atoms with Crippen LogP contribution in [0.25, 0.3) is 0 Å². The average Bonchev–Trinajstić information content (AvgIpc) is 2.55. The second-order valence-electron chi connectivity index (χ2n) is 4.54. The van der Waals surface area contributed by atoms with Crippen molar-refractivity contribution in [2.75, 3.05) is 21.3 Å². The Bertz CT molecular complexity index is 297. The molecule has 1 unspecified atom stereocenters. The summed E-state index contributed by atoms with van der Waals surface area (Å²) in [6.45, 7) is 2.00. The highest BCUT2D eigenvalue weighted by Gasteiger charge is 2.13. The fraction of sp³-hybridized carbons (Fsp3) is 0.800. The van der Waals surface area contributed by atoms with Crippen LogP contribution < -0.4 is 0 Å². The summed E-state index contributed by atoms with van der Waals surface area (Å²) < 4.78 is 13.2. The number of rotatable bonds is 9. The van der Waals surface area contributed by atoms with Crippen molar-refractivity contribution in [1.82, 2.24) is 0 Å². The molecular formula is C15H28O7. The van der Waals surface area contributed by atoms with Gasteiger partial charge in [-0.2, -0.15) is 0 Å². The van der Waals surface area contributed by atoms with Crippen LogP contribution in [0.5, 0.6) is 0 Å². The Labute approximate surface area is 131 Å². The summed E-state index contributed by atoms with van der Waals surface area (Å²) in [5.41, 5.74) is 0. The monoisotopic (exact) mass is 320 g/mol. The number of carbonyl (C=O) groups excluding carboxylic acids is 3. The van der Waals surface area contributed by atoms with Crippen molar-refractivity contribution in [3.8, 4) is 0 Å². The number of methoxy groups -OCH3 is 3. The van der Waals surface area contributed by atoms with E-state index in [0.717, 1.165) is 12.8 Å². The highest BCUT2D eigenvalue weighted by atomic mass is 16.5. The maximum absolute atomic E-state index is 10.6. The lowest BCUT2D eigenvalue weighted by molar-refractivity contribution is -0.150. The second kappa shape index (κ2) is 15.8. The first-order valence-corrected chi connectivity index (χ1v) is 7.32. The molecule has 0 aliphatic heterocycles. The summed E-state index contributed by atoms with van der Waals surface area (Å²) in [6.07, 6.45) is 3.49. The Kier molecular flexibility index (Phi) is 16.2. The van der Waals surface area contributed by atoms with Crippen LogP contribution in [-0.4, -0.2) is 50.4 Å². The number of carbonyl (C=O) groups is 3. The van der Waals surface area contributed by atoms with Crippen molar-refractivity contribution in [2.24, 2.45) is 0 Å². The van der Waals surface area contributed by atoms with E-state index >= 15 is 0 Å². The van der Waals surface area contributed by atoms with Crippen LogP contribution in [0.15, 0.2) is 0 Å². The molecule has 0 aromatic rings. The number of ether oxygens (including phenoxy) is 3. The summed E-state index contributed by atoms with van der Waals surface area (Å²) in [5.74, 6) is -1.01. The Morgan fingerprint density at radius 1 is 0.864 bits per heavy atom. The van der Waals surface area contributed by atoms with Gasteiger partial charge in [0.1, 0.15) is 0 Å². The van der Waals surface area contributed by atoms with Gasteiger partial charge in [-0.3, -0.25) is 9.59 Å². The standard InChI is InChI=1S/C8H14O4.C7H14O3/c1-11-7(9)5-3-4-6-8(10)12-2;1-3-4-5-6(8)7(9)10-2/h3-6H2,1-2H3;6,8H,3-5H2,1-2H3. The van der Waals surface area contributed by atoms with Crippen molar-refractivity contribution in [1.29, 1.82) is 0 Å². The normalized spacial score (nSPS) is 10.8. The lowest BCUT2D eigenvalue weighted by Gasteiger charge is -2.05. The zero-order valence-electron chi connectivity index (χ0n) is 13.9. The molecule has 1 atom stereocenters. The smallest absolute Gasteiger partial charge is 0.334 e. The van der Waals surface area contributed by atoms with Gasteiger partial charge in [0.25, 0.3) is 0 Å². The predicted molar refractivity (Wildman–Crippen MR) is 80.0 cm³/mol. The minimum Gasteiger partial charge on any atom is -0.469 e. The first-order chi connectivity index (χ1) is 10.4. The summed E-state index contributed by atoms with van der Waals surface area (Å²) in [6, 6.07) is 0. The van der Waals surface area contributed by atoms with Gasteiger partial charge in [0, 0.05) is 12.8 Å². The second-order valence-corrected chi connectivity index (χ2v) is 4.54. The van der Waals surface area contributed by atoms with Gasteiger partial charge in [-0.15, -0.1) is 0 Å². The maximum Gasteiger partial charge on any atom is 0.334 e. The molecule has 130 valence electrons. The van der Waals surface area contributed by atoms with E-state index in [0.29, 0.717) is 32.1 Å². The number of esters is 3. The molecule has 0 heterocycles. The van der Waals surface area contributed by atoms with E-state index < -0.39 is 12.1 Å². The molecule has 1 N–H and O–H groups in total. The van der Waals surface area contributed by atoms with E-state index in [-0.39, 0.29) is 11.9 Å². The van der Waals surface area contributed by atoms with Crippen molar-refractivity contribution < 1.29 is 33.7 Å². The van der Waals surface area contributed by atoms with Crippen molar-refractivity contribution in [2.45, 2.75) is 58.0 Å². The molecule has 7 nitrogen and oxygen atoms in total. The maximum atomic E-state index is 10.6. The van der Waals surface area contributed by atoms with E-state index in [4.69, 9.17) is 5.11 Å². The third kappa shape index (κ3) is 14.8. The first kappa shape index (κ1) is 22.6. The number of aliphatic hydroxyl groups is 1. The topological polar surface area (TPSA) is 99.1 Å². The number of unbranched alkanes of at least 4 members (excludes halogenated alkanes) is 2. The molecule has 0 saturated carbocycles. The van der Waals surface area contributed by atoms with Gasteiger partial charge in [0.2, 0.25) is 0 Å². The fourth-order valence-corrected chi connectivity index (χ4v) is 1.39. The molecule has 0 aliphatic rings. The zero-order chi connectivity index (χ0) is 17.4. The molecule has 0 radical (unpaired) electrons. The van der Waals surface area contributed by atoms with Crippen LogP contribution in [-0.2, 0) is 28.6 Å². The zero-order valence-corrected chi connectivity index (χ0v) is 13.9. The Morgan fingerprint density at radius 2 is 1.32 bits per heavy atom. The third-order valence-corrected chi connectivity index (χ3v) is 2.77. The molecule has 0 aliphatic carbocycles. The summed E-state index contributed by atoms with van der Waals surface area (Å²) >= 11 is 0. The van der Waals surface area contributed by atoms with Crippen LogP contribution in [0.1, 0.15) is 51.9 Å². The van der Waals surface area contributed by atoms with Crippen LogP contribution in [0.3, 0.4) is 0 Å². The van der Waals surface area contributed by atoms with Crippen LogP contribution >= 0.6 is 0 Å². The molecular weight excluding hydrogens is 292 g/mol. The lowest BCUT2D eigenvalue weighted by Crippen LogP contribution is -2.21. The predicted octanol–water partition coefficient (Wildman–Crippen LogP) is 1.60. The minimum atomic E-state index is -0.926. The van der Waals surface area contributed by atoms with Gasteiger partial charge in [-0.05, 0) is 19.3 Å². The van der Waals surface area contributed by atoms with Gasteiger partial charge in [-0.1, -0.05) is 19.8 Å². The Hall–Kier alpha value is -1.63. The van der Waals surface area contributed by atoms with Crippen molar-refractivity contribution in [3.05, 3.63) is 0 Å². The molecule has 0 aromatic heterocycles. The molecule has 0 fully saturated rings. The van der Waals surface area contributed by atoms with Crippen molar-refractivity contribution >= 4 is 17.9 Å². The van der Waals surface area contributed by atoms with E-state index in [9.17, 15) is 14.4 Å². The number of hydrogen-bond acceptors (Lipinski definition) is 7. The van der Waals surface area contributed by atoms with E-state index in [1.54, 1.807) is 0 Å². The van der Waals surface area contributed by atoms with Crippen molar-refractivity contribution in [3.63, 3.8) is 0 Å². The molecule has 22 heavy (non-hydrogen) atoms. The van der Waals surface area contributed by atoms with Gasteiger partial charge in [0.15, 0.2) is 6.10 Å². The first-order valence-electron chi connectivity index (χ1n) is 7.32. The molecule has 0 bridgehead atoms. The molecule has 0 amide bonds. The van der Waals surface area contributed by atoms with Gasteiger partial charge < -0.3 is 19.3 Å². The highest BCUT2D eigenvalue weighted by molar-refractivity contribution is 5.74. The number of hydrogen-bond donors (Lipinski definition) is 1. The Morgan fingerprint density at radius 3 is 1.64 bits per heavy atom. The summed E-state index contributed by atoms with van der Waals surface area (Å²) in [7, 11) is 3.97. The molecule has 0 rings (SSSR count). The van der Waals surface area contributed by atoms with Crippen LogP contribution in [0, 0.1) is 0 Å². The third-order valence-electron chi connectivity index (χ3n) is 2.77. The van der Waals surface area contributed by atoms with E-state index in [1.165, 1.54) is 21.3 Å². The molecule has 0 aromatic carbocycles. The van der Waals surface area contributed by atoms with Gasteiger partial charge in [-0.25, -0.2) is 4.79 Å². The van der Waals surface area contributed by atoms with E-state index in [2.05, 4.69) is 14.2 Å². The molecule has 0 spiro atoms. The largest absolute Gasteiger partial charge is 0.469 e. The quantitative estimate of drug-likeness (QED) is 0.391. The van der Waals surface area contributed by atoms with E-state index in [1.807, 2.05) is 6.92 Å². The molecule has 0 saturated heterocycles. The summed E-state index contributed by atoms with van der Waals surface area (Å²) in [5, 5.41) is 8.97. The SMILES string of the molecule is CCCCC(O)C(=O)OC.COC(=O)CCCCC(=O)OC. The lowest BCUT2D eigenvalue weighted by atomic mass is 10.2. The highest BCUT2D eigenvalue weighted by Crippen LogP contribution is 2.02. The average molecular weight is 320 g/mol. The fourth-order valence-electron chi connectivity index (χ4n) is 1.39. The van der Waals surface area contributed by atoms with Crippen LogP contribution in [0.4, 0.5) is 0 Å². The Balaban J connectivity index is 0. The summed E-state index contributed by atoms with van der Waals surface area (Å²) in [4.78, 5) is 31.7. The van der Waals surface area contributed by atoms with Crippen LogP contribution in [0.2, 0.25) is 0 Å². The van der Waals surface area contributed by atoms with Gasteiger partial charge in [0.05, 0.1) is 21.3 Å². The minimum absolute atomic E-state index is 0.236.